The molecule has 0 saturated carbocycles. The van der Waals surface area contributed by atoms with Crippen LogP contribution < -0.4 is 11.5 Å². The van der Waals surface area contributed by atoms with Crippen molar-refractivity contribution in [2.75, 3.05) is 5.73 Å². The van der Waals surface area contributed by atoms with Crippen LogP contribution in [0.5, 0.6) is 0 Å². The molecule has 4 N–H and O–H groups in total. The van der Waals surface area contributed by atoms with E-state index in [1.807, 2.05) is 25.1 Å². The first-order chi connectivity index (χ1) is 12.9. The third-order valence-corrected chi connectivity index (χ3v) is 3.83. The van der Waals surface area contributed by atoms with Crippen molar-refractivity contribution in [1.82, 2.24) is 19.7 Å². The SMILES string of the molecule is CCn1nc(-c2ccnc(Cl)c2)cc1N.N#C/C=C(\N)c1ccnc(Cl)c1. The van der Waals surface area contributed by atoms with Crippen LogP contribution in [0.4, 0.5) is 5.82 Å². The highest BCUT2D eigenvalue weighted by atomic mass is 35.5. The van der Waals surface area contributed by atoms with Gasteiger partial charge in [0.1, 0.15) is 16.1 Å². The number of allylic oxidation sites excluding steroid dienone is 1. The zero-order chi connectivity index (χ0) is 19.8. The molecule has 0 saturated heterocycles. The van der Waals surface area contributed by atoms with Gasteiger partial charge in [-0.25, -0.2) is 14.6 Å². The Balaban J connectivity index is 0.000000199. The lowest BCUT2D eigenvalue weighted by Gasteiger charge is -1.98. The Labute approximate surface area is 166 Å². The van der Waals surface area contributed by atoms with Crippen molar-refractivity contribution in [3.05, 3.63) is 64.7 Å². The smallest absolute Gasteiger partial charge is 0.129 e. The van der Waals surface area contributed by atoms with Crippen LogP contribution in [0, 0.1) is 11.3 Å². The molecule has 0 bridgehead atoms. The van der Waals surface area contributed by atoms with Crippen molar-refractivity contribution >= 4 is 34.7 Å². The summed E-state index contributed by atoms with van der Waals surface area (Å²) in [6, 6.07) is 10.6. The molecular weight excluding hydrogens is 385 g/mol. The largest absolute Gasteiger partial charge is 0.398 e. The van der Waals surface area contributed by atoms with Crippen LogP contribution in [0.25, 0.3) is 17.0 Å². The number of hydrogen-bond donors (Lipinski definition) is 2. The fourth-order valence-corrected chi connectivity index (χ4v) is 2.47. The maximum atomic E-state index is 8.31. The molecule has 0 aliphatic heterocycles. The molecule has 7 nitrogen and oxygen atoms in total. The van der Waals surface area contributed by atoms with Gasteiger partial charge in [-0.2, -0.15) is 10.4 Å². The lowest BCUT2D eigenvalue weighted by atomic mass is 10.2. The number of nitrogens with zero attached hydrogens (tertiary/aromatic N) is 5. The third-order valence-electron chi connectivity index (χ3n) is 3.41. The summed E-state index contributed by atoms with van der Waals surface area (Å²) in [7, 11) is 0. The maximum Gasteiger partial charge on any atom is 0.129 e. The van der Waals surface area contributed by atoms with E-state index < -0.39 is 0 Å². The molecule has 9 heteroatoms. The Morgan fingerprint density at radius 1 is 1.19 bits per heavy atom. The van der Waals surface area contributed by atoms with E-state index in [1.54, 1.807) is 29.1 Å². The van der Waals surface area contributed by atoms with Crippen molar-refractivity contribution in [3.63, 3.8) is 0 Å². The minimum atomic E-state index is 0.363. The summed E-state index contributed by atoms with van der Waals surface area (Å²) in [5.41, 5.74) is 14.1. The summed E-state index contributed by atoms with van der Waals surface area (Å²) < 4.78 is 1.74. The second-order valence-electron chi connectivity index (χ2n) is 5.23. The standard InChI is InChI=1S/C10H11ClN4.C8H6ClN3/c1-2-15-10(12)6-8(14-15)7-3-4-13-9(11)5-7;9-8-5-6(2-4-12-8)7(11)1-3-10/h3-6H,2,12H2,1H3;1-2,4-5H,11H2/b;7-1-. The van der Waals surface area contributed by atoms with E-state index in [0.29, 0.717) is 27.4 Å². The number of nitrogens with two attached hydrogens (primary N) is 2. The average molecular weight is 402 g/mol. The minimum Gasteiger partial charge on any atom is -0.398 e. The van der Waals surface area contributed by atoms with E-state index in [-0.39, 0.29) is 0 Å². The highest BCUT2D eigenvalue weighted by Gasteiger charge is 2.06. The molecule has 3 heterocycles. The highest BCUT2D eigenvalue weighted by Crippen LogP contribution is 2.21. The fourth-order valence-electron chi connectivity index (χ4n) is 2.12. The van der Waals surface area contributed by atoms with Gasteiger partial charge in [0.05, 0.1) is 11.8 Å². The van der Waals surface area contributed by atoms with Gasteiger partial charge < -0.3 is 11.5 Å². The molecule has 3 aromatic rings. The van der Waals surface area contributed by atoms with Gasteiger partial charge >= 0.3 is 0 Å². The maximum absolute atomic E-state index is 8.31. The van der Waals surface area contributed by atoms with Crippen LogP contribution in [-0.2, 0) is 6.54 Å². The Kier molecular flexibility index (Phi) is 7.17. The number of halogens is 2. The summed E-state index contributed by atoms with van der Waals surface area (Å²) in [5.74, 6) is 0.653. The molecule has 0 atom stereocenters. The van der Waals surface area contributed by atoms with Crippen molar-refractivity contribution in [3.8, 4) is 17.3 Å². The quantitative estimate of drug-likeness (QED) is 0.509. The van der Waals surface area contributed by atoms with Gasteiger partial charge in [-0.15, -0.1) is 0 Å². The average Bonchev–Trinajstić information content (AvgIpc) is 3.03. The van der Waals surface area contributed by atoms with Crippen molar-refractivity contribution in [2.45, 2.75) is 13.5 Å². The molecule has 0 aliphatic rings. The third kappa shape index (κ3) is 5.71. The first kappa shape index (κ1) is 20.2. The Morgan fingerprint density at radius 2 is 1.85 bits per heavy atom. The molecule has 3 aromatic heterocycles. The van der Waals surface area contributed by atoms with Gasteiger partial charge in [0.25, 0.3) is 0 Å². The van der Waals surface area contributed by atoms with Crippen LogP contribution in [-0.4, -0.2) is 19.7 Å². The zero-order valence-electron chi connectivity index (χ0n) is 14.5. The molecule has 3 rings (SSSR count). The van der Waals surface area contributed by atoms with E-state index in [0.717, 1.165) is 17.8 Å². The van der Waals surface area contributed by atoms with Gasteiger partial charge in [0.2, 0.25) is 0 Å². The molecule has 0 unspecified atom stereocenters. The predicted molar refractivity (Wildman–Crippen MR) is 108 cm³/mol. The normalized spacial score (nSPS) is 10.7. The van der Waals surface area contributed by atoms with E-state index in [9.17, 15) is 0 Å². The lowest BCUT2D eigenvalue weighted by molar-refractivity contribution is 0.672. The van der Waals surface area contributed by atoms with Gasteiger partial charge in [-0.05, 0) is 31.2 Å². The molecule has 0 radical (unpaired) electrons. The summed E-state index contributed by atoms with van der Waals surface area (Å²) >= 11 is 11.4. The van der Waals surface area contributed by atoms with Crippen LogP contribution >= 0.6 is 23.2 Å². The molecule has 0 spiro atoms. The van der Waals surface area contributed by atoms with Crippen LogP contribution in [0.2, 0.25) is 10.3 Å². The molecule has 0 amide bonds. The fraction of sp³-hybridized carbons (Fsp3) is 0.111. The number of aromatic nitrogens is 4. The molecule has 0 fully saturated rings. The molecule has 0 aromatic carbocycles. The number of hydrogen-bond acceptors (Lipinski definition) is 6. The van der Waals surface area contributed by atoms with E-state index in [1.165, 1.54) is 12.3 Å². The van der Waals surface area contributed by atoms with E-state index in [4.69, 9.17) is 39.9 Å². The van der Waals surface area contributed by atoms with Gasteiger partial charge in [-0.3, -0.25) is 0 Å². The molecule has 0 aliphatic carbocycles. The van der Waals surface area contributed by atoms with Crippen molar-refractivity contribution in [2.24, 2.45) is 5.73 Å². The van der Waals surface area contributed by atoms with Gasteiger partial charge in [-0.1, -0.05) is 23.2 Å². The molecule has 27 heavy (non-hydrogen) atoms. The number of anilines is 1. The first-order valence-electron chi connectivity index (χ1n) is 7.87. The molecule has 138 valence electrons. The topological polar surface area (TPSA) is 119 Å². The number of aryl methyl sites for hydroxylation is 1. The second kappa shape index (κ2) is 9.57. The lowest BCUT2D eigenvalue weighted by Crippen LogP contribution is -2.01. The van der Waals surface area contributed by atoms with Crippen molar-refractivity contribution < 1.29 is 0 Å². The summed E-state index contributed by atoms with van der Waals surface area (Å²) in [5, 5.41) is 13.5. The summed E-state index contributed by atoms with van der Waals surface area (Å²) in [6.07, 6.45) is 4.44. The van der Waals surface area contributed by atoms with Crippen molar-refractivity contribution in [1.29, 1.82) is 5.26 Å². The predicted octanol–water partition coefficient (Wildman–Crippen LogP) is 3.76. The van der Waals surface area contributed by atoms with E-state index >= 15 is 0 Å². The van der Waals surface area contributed by atoms with Gasteiger partial charge in [0.15, 0.2) is 0 Å². The number of nitriles is 1. The van der Waals surface area contributed by atoms with Gasteiger partial charge in [0, 0.05) is 47.9 Å². The summed E-state index contributed by atoms with van der Waals surface area (Å²) in [6.45, 7) is 2.75. The number of rotatable bonds is 3. The number of nitrogen functional groups attached to an aromatic ring is 1. The second-order valence-corrected chi connectivity index (χ2v) is 6.01. The first-order valence-corrected chi connectivity index (χ1v) is 8.62. The number of pyridine rings is 2. The highest BCUT2D eigenvalue weighted by molar-refractivity contribution is 6.29. The Morgan fingerprint density at radius 3 is 2.41 bits per heavy atom. The summed E-state index contributed by atoms with van der Waals surface area (Å²) in [4.78, 5) is 7.70. The van der Waals surface area contributed by atoms with Crippen LogP contribution in [0.3, 0.4) is 0 Å². The zero-order valence-corrected chi connectivity index (χ0v) is 16.0. The Bertz CT molecular complexity index is 989. The van der Waals surface area contributed by atoms with E-state index in [2.05, 4.69) is 15.1 Å². The Hall–Kier alpha value is -3.08. The van der Waals surface area contributed by atoms with Crippen LogP contribution in [0.15, 0.2) is 48.8 Å². The van der Waals surface area contributed by atoms with Crippen LogP contribution in [0.1, 0.15) is 12.5 Å². The minimum absolute atomic E-state index is 0.363. The monoisotopic (exact) mass is 401 g/mol. The molecular formula is C18H17Cl2N7.